The van der Waals surface area contributed by atoms with Gasteiger partial charge in [-0.15, -0.1) is 0 Å². The van der Waals surface area contributed by atoms with E-state index in [1.165, 1.54) is 4.90 Å². The molecule has 0 aliphatic rings. The highest BCUT2D eigenvalue weighted by atomic mass is 32.2. The summed E-state index contributed by atoms with van der Waals surface area (Å²) in [6.07, 6.45) is 1.85. The number of sulfonamides is 1. The fraction of sp³-hybridized carbons (Fsp3) is 0.481. The second kappa shape index (κ2) is 12.2. The Morgan fingerprint density at radius 1 is 0.971 bits per heavy atom. The van der Waals surface area contributed by atoms with Crippen molar-refractivity contribution in [3.8, 4) is 0 Å². The molecule has 0 aromatic heterocycles. The molecule has 0 aliphatic carbocycles. The van der Waals surface area contributed by atoms with Gasteiger partial charge in [-0.05, 0) is 61.9 Å². The van der Waals surface area contributed by atoms with Gasteiger partial charge in [-0.2, -0.15) is 0 Å². The highest BCUT2D eigenvalue weighted by molar-refractivity contribution is 7.92. The van der Waals surface area contributed by atoms with Crippen molar-refractivity contribution >= 4 is 27.5 Å². The van der Waals surface area contributed by atoms with Gasteiger partial charge in [-0.3, -0.25) is 13.9 Å². The molecule has 8 heteroatoms. The minimum absolute atomic E-state index is 0.0349. The zero-order valence-corrected chi connectivity index (χ0v) is 22.7. The number of amides is 2. The molecule has 7 nitrogen and oxygen atoms in total. The summed E-state index contributed by atoms with van der Waals surface area (Å²) in [6, 6.07) is 14.0. The average molecular weight is 502 g/mol. The number of nitrogens with zero attached hydrogens (tertiary/aromatic N) is 2. The largest absolute Gasteiger partial charge is 0.352 e. The monoisotopic (exact) mass is 501 g/mol. The van der Waals surface area contributed by atoms with Crippen LogP contribution in [-0.4, -0.2) is 50.0 Å². The number of benzene rings is 2. The zero-order chi connectivity index (χ0) is 26.3. The Balaban J connectivity index is 2.40. The molecule has 0 fully saturated rings. The minimum Gasteiger partial charge on any atom is -0.352 e. The number of hydrogen-bond acceptors (Lipinski definition) is 4. The van der Waals surface area contributed by atoms with E-state index in [0.29, 0.717) is 11.6 Å². The van der Waals surface area contributed by atoms with Crippen LogP contribution < -0.4 is 9.62 Å². The van der Waals surface area contributed by atoms with E-state index in [1.807, 2.05) is 57.2 Å². The van der Waals surface area contributed by atoms with Gasteiger partial charge in [0.05, 0.1) is 11.9 Å². The number of rotatable bonds is 11. The van der Waals surface area contributed by atoms with Crippen LogP contribution >= 0.6 is 0 Å². The van der Waals surface area contributed by atoms with Crippen LogP contribution in [0.4, 0.5) is 5.69 Å². The van der Waals surface area contributed by atoms with Crippen LogP contribution in [-0.2, 0) is 26.2 Å². The van der Waals surface area contributed by atoms with Gasteiger partial charge >= 0.3 is 0 Å². The SMILES string of the molecule is CCC(C)NC(=O)C(C)N(Cc1ccccc1C)C(=O)CN(c1ccc(C(C)C)cc1)S(C)(=O)=O. The van der Waals surface area contributed by atoms with Gasteiger partial charge in [0.2, 0.25) is 21.8 Å². The average Bonchev–Trinajstić information content (AvgIpc) is 2.80. The van der Waals surface area contributed by atoms with Gasteiger partial charge in [0.15, 0.2) is 0 Å². The predicted molar refractivity (Wildman–Crippen MR) is 142 cm³/mol. The maximum atomic E-state index is 13.6. The Morgan fingerprint density at radius 2 is 1.57 bits per heavy atom. The number of hydrogen-bond donors (Lipinski definition) is 1. The fourth-order valence-corrected chi connectivity index (χ4v) is 4.51. The number of anilines is 1. The summed E-state index contributed by atoms with van der Waals surface area (Å²) in [5.41, 5.74) is 3.38. The Labute approximate surface area is 210 Å². The van der Waals surface area contributed by atoms with E-state index in [0.717, 1.165) is 33.7 Å². The third-order valence-electron chi connectivity index (χ3n) is 6.30. The second-order valence-electron chi connectivity index (χ2n) is 9.46. The van der Waals surface area contributed by atoms with Gasteiger partial charge in [-0.25, -0.2) is 8.42 Å². The molecule has 192 valence electrons. The molecule has 2 unspecified atom stereocenters. The van der Waals surface area contributed by atoms with Crippen molar-refractivity contribution in [2.45, 2.75) is 72.5 Å². The topological polar surface area (TPSA) is 86.8 Å². The zero-order valence-electron chi connectivity index (χ0n) is 21.9. The van der Waals surface area contributed by atoms with Crippen molar-refractivity contribution in [3.05, 3.63) is 65.2 Å². The first-order valence-corrected chi connectivity index (χ1v) is 13.9. The molecule has 2 rings (SSSR count). The second-order valence-corrected chi connectivity index (χ2v) is 11.4. The molecule has 2 atom stereocenters. The van der Waals surface area contributed by atoms with Crippen LogP contribution in [0.15, 0.2) is 48.5 Å². The first kappa shape index (κ1) is 28.4. The molecule has 35 heavy (non-hydrogen) atoms. The van der Waals surface area contributed by atoms with Crippen LogP contribution in [0.1, 0.15) is 63.6 Å². The van der Waals surface area contributed by atoms with Gasteiger partial charge < -0.3 is 10.2 Å². The number of aryl methyl sites for hydroxylation is 1. The van der Waals surface area contributed by atoms with Crippen LogP contribution in [0.25, 0.3) is 0 Å². The van der Waals surface area contributed by atoms with E-state index in [1.54, 1.807) is 19.1 Å². The lowest BCUT2D eigenvalue weighted by molar-refractivity contribution is -0.139. The summed E-state index contributed by atoms with van der Waals surface area (Å²) >= 11 is 0. The number of carbonyl (C=O) groups excluding carboxylic acids is 2. The summed E-state index contributed by atoms with van der Waals surface area (Å²) in [7, 11) is -3.74. The first-order valence-electron chi connectivity index (χ1n) is 12.1. The van der Waals surface area contributed by atoms with Crippen LogP contribution in [0.3, 0.4) is 0 Å². The van der Waals surface area contributed by atoms with Crippen LogP contribution in [0.2, 0.25) is 0 Å². The summed E-state index contributed by atoms with van der Waals surface area (Å²) in [5.74, 6) is -0.418. The van der Waals surface area contributed by atoms with Crippen molar-refractivity contribution in [1.29, 1.82) is 0 Å². The molecule has 0 aliphatic heterocycles. The van der Waals surface area contributed by atoms with Gasteiger partial charge in [0.1, 0.15) is 12.6 Å². The molecule has 0 spiro atoms. The highest BCUT2D eigenvalue weighted by Gasteiger charge is 2.30. The summed E-state index contributed by atoms with van der Waals surface area (Å²) in [6.45, 7) is 11.4. The summed E-state index contributed by atoms with van der Waals surface area (Å²) in [5, 5.41) is 2.93. The Morgan fingerprint density at radius 3 is 2.09 bits per heavy atom. The third kappa shape index (κ3) is 7.82. The molecule has 0 heterocycles. The number of carbonyl (C=O) groups is 2. The molecular formula is C27H39N3O4S. The smallest absolute Gasteiger partial charge is 0.244 e. The predicted octanol–water partition coefficient (Wildman–Crippen LogP) is 4.22. The van der Waals surface area contributed by atoms with E-state index in [4.69, 9.17) is 0 Å². The lowest BCUT2D eigenvalue weighted by atomic mass is 10.0. The Bertz CT molecular complexity index is 1110. The molecular weight excluding hydrogens is 462 g/mol. The molecule has 0 radical (unpaired) electrons. The van der Waals surface area contributed by atoms with Gasteiger partial charge in [0.25, 0.3) is 0 Å². The first-order chi connectivity index (χ1) is 16.3. The van der Waals surface area contributed by atoms with Crippen molar-refractivity contribution in [1.82, 2.24) is 10.2 Å². The number of nitrogens with one attached hydrogen (secondary N) is 1. The molecule has 0 saturated heterocycles. The van der Waals surface area contributed by atoms with Crippen LogP contribution in [0, 0.1) is 6.92 Å². The van der Waals surface area contributed by atoms with Crippen molar-refractivity contribution in [3.63, 3.8) is 0 Å². The Hall–Kier alpha value is -2.87. The summed E-state index contributed by atoms with van der Waals surface area (Å²) < 4.78 is 26.5. The van der Waals surface area contributed by atoms with E-state index >= 15 is 0 Å². The maximum absolute atomic E-state index is 13.6. The fourth-order valence-electron chi connectivity index (χ4n) is 3.66. The van der Waals surface area contributed by atoms with Gasteiger partial charge in [-0.1, -0.05) is 57.2 Å². The van der Waals surface area contributed by atoms with Crippen molar-refractivity contribution < 1.29 is 18.0 Å². The third-order valence-corrected chi connectivity index (χ3v) is 7.44. The molecule has 0 saturated carbocycles. The summed E-state index contributed by atoms with van der Waals surface area (Å²) in [4.78, 5) is 28.0. The van der Waals surface area contributed by atoms with Crippen molar-refractivity contribution in [2.24, 2.45) is 0 Å². The molecule has 2 aromatic rings. The quantitative estimate of drug-likeness (QED) is 0.500. The van der Waals surface area contributed by atoms with Crippen molar-refractivity contribution in [2.75, 3.05) is 17.1 Å². The Kier molecular flexibility index (Phi) is 9.89. The van der Waals surface area contributed by atoms with E-state index in [9.17, 15) is 18.0 Å². The minimum atomic E-state index is -3.74. The van der Waals surface area contributed by atoms with Crippen LogP contribution in [0.5, 0.6) is 0 Å². The van der Waals surface area contributed by atoms with Gasteiger partial charge in [0, 0.05) is 12.6 Å². The lowest BCUT2D eigenvalue weighted by Crippen LogP contribution is -2.52. The van der Waals surface area contributed by atoms with E-state index < -0.39 is 28.5 Å². The normalized spacial score (nSPS) is 13.3. The molecule has 1 N–H and O–H groups in total. The molecule has 0 bridgehead atoms. The standard InChI is InChI=1S/C27H39N3O4S/c1-8-21(5)28-27(32)22(6)29(17-24-12-10-9-11-20(24)4)26(31)18-30(35(7,33)34)25-15-13-23(14-16-25)19(2)3/h9-16,19,21-22H,8,17-18H2,1-7H3,(H,28,32). The van der Waals surface area contributed by atoms with E-state index in [-0.39, 0.29) is 18.5 Å². The molecule has 2 amide bonds. The van der Waals surface area contributed by atoms with E-state index in [2.05, 4.69) is 19.2 Å². The maximum Gasteiger partial charge on any atom is 0.244 e. The lowest BCUT2D eigenvalue weighted by Gasteiger charge is -2.32. The highest BCUT2D eigenvalue weighted by Crippen LogP contribution is 2.23. The molecule has 2 aromatic carbocycles.